The maximum absolute atomic E-state index is 14.4. The van der Waals surface area contributed by atoms with Crippen molar-refractivity contribution >= 4 is 29.1 Å². The zero-order valence-corrected chi connectivity index (χ0v) is 16.3. The molecule has 0 unspecified atom stereocenters. The molecule has 0 bridgehead atoms. The monoisotopic (exact) mass is 419 g/mol. The van der Waals surface area contributed by atoms with Crippen LogP contribution in [0.3, 0.4) is 0 Å². The summed E-state index contributed by atoms with van der Waals surface area (Å²) >= 11 is 12.1. The first-order valence-corrected chi connectivity index (χ1v) is 9.23. The lowest BCUT2D eigenvalue weighted by molar-refractivity contribution is 0.0941. The third-order valence-corrected chi connectivity index (χ3v) is 4.94. The maximum atomic E-state index is 14.4. The van der Waals surface area contributed by atoms with E-state index in [4.69, 9.17) is 23.2 Å². The summed E-state index contributed by atoms with van der Waals surface area (Å²) in [5.41, 5.74) is 0.612. The lowest BCUT2D eigenvalue weighted by atomic mass is 10.0. The predicted octanol–water partition coefficient (Wildman–Crippen LogP) is 4.23. The fraction of sp³-hybridized carbons (Fsp3) is 0.150. The van der Waals surface area contributed by atoms with Gasteiger partial charge in [0, 0.05) is 25.0 Å². The number of rotatable bonds is 5. The van der Waals surface area contributed by atoms with Crippen LogP contribution < -0.4 is 10.9 Å². The summed E-state index contributed by atoms with van der Waals surface area (Å²) in [6.07, 6.45) is 2.89. The van der Waals surface area contributed by atoms with E-state index in [2.05, 4.69) is 10.3 Å². The highest BCUT2D eigenvalue weighted by Crippen LogP contribution is 2.29. The molecule has 0 aliphatic carbocycles. The van der Waals surface area contributed by atoms with Gasteiger partial charge in [-0.25, -0.2) is 4.39 Å². The minimum Gasteiger partial charge on any atom is -0.339 e. The van der Waals surface area contributed by atoms with E-state index in [1.165, 1.54) is 41.2 Å². The van der Waals surface area contributed by atoms with Gasteiger partial charge in [0.25, 0.3) is 11.5 Å². The van der Waals surface area contributed by atoms with Crippen LogP contribution in [0.4, 0.5) is 4.39 Å². The van der Waals surface area contributed by atoms with Gasteiger partial charge >= 0.3 is 0 Å². The van der Waals surface area contributed by atoms with E-state index in [9.17, 15) is 14.0 Å². The highest BCUT2D eigenvalue weighted by molar-refractivity contribution is 6.42. The van der Waals surface area contributed by atoms with Crippen LogP contribution in [0.5, 0.6) is 0 Å². The number of hydrogen-bond acceptors (Lipinski definition) is 3. The van der Waals surface area contributed by atoms with Gasteiger partial charge in [-0.1, -0.05) is 29.3 Å². The number of aromatic nitrogens is 2. The number of hydrogen-bond donors (Lipinski definition) is 1. The lowest BCUT2D eigenvalue weighted by Gasteiger charge is -2.20. The molecule has 2 aromatic heterocycles. The van der Waals surface area contributed by atoms with Crippen LogP contribution >= 0.6 is 23.2 Å². The molecular weight excluding hydrogens is 404 g/mol. The molecule has 0 fully saturated rings. The van der Waals surface area contributed by atoms with Crippen molar-refractivity contribution < 1.29 is 9.18 Å². The first kappa shape index (κ1) is 20.0. The lowest BCUT2D eigenvalue weighted by Crippen LogP contribution is -2.31. The second kappa shape index (κ2) is 8.54. The van der Waals surface area contributed by atoms with Crippen LogP contribution in [0.1, 0.15) is 34.6 Å². The quantitative estimate of drug-likeness (QED) is 0.672. The Morgan fingerprint density at radius 1 is 1.21 bits per heavy atom. The van der Waals surface area contributed by atoms with Gasteiger partial charge in [0.15, 0.2) is 0 Å². The number of carbonyl (C=O) groups excluding carboxylic acids is 1. The van der Waals surface area contributed by atoms with E-state index in [1.807, 2.05) is 0 Å². The first-order valence-electron chi connectivity index (χ1n) is 8.47. The number of halogens is 3. The number of pyridine rings is 2. The fourth-order valence-corrected chi connectivity index (χ4v) is 3.05. The van der Waals surface area contributed by atoms with Gasteiger partial charge in [-0.05, 0) is 42.8 Å². The Kier molecular flexibility index (Phi) is 6.11. The van der Waals surface area contributed by atoms with Crippen LogP contribution in [0.15, 0.2) is 59.7 Å². The number of amides is 1. The zero-order valence-electron chi connectivity index (χ0n) is 14.8. The van der Waals surface area contributed by atoms with Crippen molar-refractivity contribution in [1.82, 2.24) is 14.9 Å². The van der Waals surface area contributed by atoms with E-state index in [0.29, 0.717) is 17.1 Å². The molecule has 0 aliphatic heterocycles. The first-order chi connectivity index (χ1) is 13.4. The summed E-state index contributed by atoms with van der Waals surface area (Å²) < 4.78 is 15.8. The van der Waals surface area contributed by atoms with E-state index in [0.717, 1.165) is 0 Å². The average molecular weight is 420 g/mol. The molecule has 1 aromatic carbocycles. The van der Waals surface area contributed by atoms with Crippen molar-refractivity contribution in [2.45, 2.75) is 19.5 Å². The molecule has 1 amide bonds. The van der Waals surface area contributed by atoms with Crippen LogP contribution in [-0.4, -0.2) is 15.5 Å². The van der Waals surface area contributed by atoms with Crippen molar-refractivity contribution in [1.29, 1.82) is 0 Å². The van der Waals surface area contributed by atoms with Crippen LogP contribution in [0.25, 0.3) is 0 Å². The van der Waals surface area contributed by atoms with E-state index >= 15 is 0 Å². The Bertz CT molecular complexity index is 1090. The number of nitrogens with one attached hydrogen (secondary N) is 1. The molecule has 1 atom stereocenters. The molecule has 1 N–H and O–H groups in total. The Balaban J connectivity index is 2.02. The smallest absolute Gasteiger partial charge is 0.253 e. The standard InChI is InChI=1S/C20H16Cl2FN3O2/c1-2-26-11-13(6-8-17(26)27)20(28)25-18(19-16(23)4-3-9-24-19)12-5-7-14(21)15(22)10-12/h3-11,18H,2H2,1H3,(H,25,28)/t18-/m0/s1. The van der Waals surface area contributed by atoms with Gasteiger partial charge in [-0.15, -0.1) is 0 Å². The SMILES string of the molecule is CCn1cc(C(=O)N[C@@H](c2ccc(Cl)c(Cl)c2)c2ncccc2F)ccc1=O. The van der Waals surface area contributed by atoms with Crippen molar-refractivity contribution in [3.63, 3.8) is 0 Å². The third-order valence-electron chi connectivity index (χ3n) is 4.20. The summed E-state index contributed by atoms with van der Waals surface area (Å²) in [4.78, 5) is 28.6. The average Bonchev–Trinajstić information content (AvgIpc) is 2.69. The molecule has 0 aliphatic rings. The second-order valence-electron chi connectivity index (χ2n) is 5.99. The maximum Gasteiger partial charge on any atom is 0.253 e. The third kappa shape index (κ3) is 4.24. The summed E-state index contributed by atoms with van der Waals surface area (Å²) in [6.45, 7) is 2.22. The van der Waals surface area contributed by atoms with E-state index in [-0.39, 0.29) is 21.8 Å². The molecule has 0 saturated heterocycles. The predicted molar refractivity (Wildman–Crippen MR) is 106 cm³/mol. The van der Waals surface area contributed by atoms with Crippen LogP contribution in [-0.2, 0) is 6.54 Å². The normalized spacial score (nSPS) is 11.9. The van der Waals surface area contributed by atoms with Gasteiger partial charge in [-0.2, -0.15) is 0 Å². The minimum atomic E-state index is -0.898. The fourth-order valence-electron chi connectivity index (χ4n) is 2.74. The van der Waals surface area contributed by atoms with E-state index < -0.39 is 17.8 Å². The molecule has 28 heavy (non-hydrogen) atoms. The number of aryl methyl sites for hydroxylation is 1. The van der Waals surface area contributed by atoms with Crippen molar-refractivity contribution in [2.75, 3.05) is 0 Å². The van der Waals surface area contributed by atoms with Gasteiger partial charge in [-0.3, -0.25) is 14.6 Å². The van der Waals surface area contributed by atoms with Crippen molar-refractivity contribution in [3.05, 3.63) is 97.9 Å². The van der Waals surface area contributed by atoms with Crippen LogP contribution in [0, 0.1) is 5.82 Å². The molecule has 3 aromatic rings. The highest BCUT2D eigenvalue weighted by atomic mass is 35.5. The molecule has 0 spiro atoms. The van der Waals surface area contributed by atoms with Gasteiger partial charge in [0.05, 0.1) is 21.7 Å². The van der Waals surface area contributed by atoms with Gasteiger partial charge in [0.1, 0.15) is 11.5 Å². The molecule has 8 heteroatoms. The molecule has 0 saturated carbocycles. The highest BCUT2D eigenvalue weighted by Gasteiger charge is 2.23. The molecule has 2 heterocycles. The zero-order chi connectivity index (χ0) is 20.3. The Hall–Kier alpha value is -2.70. The number of nitrogens with zero attached hydrogens (tertiary/aromatic N) is 2. The number of carbonyl (C=O) groups is 1. The van der Waals surface area contributed by atoms with Gasteiger partial charge in [0.2, 0.25) is 0 Å². The molecule has 0 radical (unpaired) electrons. The summed E-state index contributed by atoms with van der Waals surface area (Å²) in [6, 6.07) is 9.32. The summed E-state index contributed by atoms with van der Waals surface area (Å²) in [5, 5.41) is 3.38. The molecule has 5 nitrogen and oxygen atoms in total. The van der Waals surface area contributed by atoms with E-state index in [1.54, 1.807) is 25.1 Å². The van der Waals surface area contributed by atoms with Crippen LogP contribution in [0.2, 0.25) is 10.0 Å². The number of benzene rings is 1. The summed E-state index contributed by atoms with van der Waals surface area (Å²) in [5.74, 6) is -1.05. The van der Waals surface area contributed by atoms with Crippen molar-refractivity contribution in [3.8, 4) is 0 Å². The topological polar surface area (TPSA) is 64.0 Å². The Labute approximate surface area is 170 Å². The Morgan fingerprint density at radius 2 is 2.00 bits per heavy atom. The Morgan fingerprint density at radius 3 is 2.68 bits per heavy atom. The molecular formula is C20H16Cl2FN3O2. The van der Waals surface area contributed by atoms with Crippen molar-refractivity contribution in [2.24, 2.45) is 0 Å². The van der Waals surface area contributed by atoms with Gasteiger partial charge < -0.3 is 9.88 Å². The minimum absolute atomic E-state index is 0.0399. The molecule has 144 valence electrons. The summed E-state index contributed by atoms with van der Waals surface area (Å²) in [7, 11) is 0. The second-order valence-corrected chi connectivity index (χ2v) is 6.81. The molecule has 3 rings (SSSR count). The largest absolute Gasteiger partial charge is 0.339 e.